The fraction of sp³-hybridized carbons (Fsp3) is 0. The zero-order valence-corrected chi connectivity index (χ0v) is 16.0. The molecule has 0 aliphatic carbocycles. The van der Waals surface area contributed by atoms with Gasteiger partial charge in [0.25, 0.3) is 0 Å². The summed E-state index contributed by atoms with van der Waals surface area (Å²) in [6.45, 7) is 0. The summed E-state index contributed by atoms with van der Waals surface area (Å²) in [6, 6.07) is 23.6. The molecule has 4 rings (SSSR count). The molecule has 0 saturated heterocycles. The zero-order chi connectivity index (χ0) is 20.2. The highest BCUT2D eigenvalue weighted by atomic mass is 35.5. The number of hydrogen-bond donors (Lipinski definition) is 1. The van der Waals surface area contributed by atoms with Crippen molar-refractivity contribution in [2.24, 2.45) is 0 Å². The molecule has 1 amide bonds. The van der Waals surface area contributed by atoms with Crippen LogP contribution in [0.15, 0.2) is 94.2 Å². The lowest BCUT2D eigenvalue weighted by atomic mass is 10.1. The minimum absolute atomic E-state index is 0.275. The number of fused-ring (bicyclic) bond motifs is 1. The van der Waals surface area contributed by atoms with Gasteiger partial charge in [0.1, 0.15) is 5.58 Å². The first-order valence-electron chi connectivity index (χ1n) is 8.97. The summed E-state index contributed by atoms with van der Waals surface area (Å²) in [5.41, 5.74) is 2.44. The Labute approximate surface area is 172 Å². The highest BCUT2D eigenvalue weighted by Crippen LogP contribution is 2.30. The van der Waals surface area contributed by atoms with E-state index < -0.39 is 5.63 Å². The van der Waals surface area contributed by atoms with Crippen molar-refractivity contribution in [3.63, 3.8) is 0 Å². The number of anilines is 1. The Balaban J connectivity index is 1.57. The van der Waals surface area contributed by atoms with Crippen LogP contribution >= 0.6 is 11.6 Å². The van der Waals surface area contributed by atoms with Gasteiger partial charge in [-0.1, -0.05) is 66.2 Å². The average Bonchev–Trinajstić information content (AvgIpc) is 2.73. The van der Waals surface area contributed by atoms with Crippen LogP contribution in [0.4, 0.5) is 5.69 Å². The predicted octanol–water partition coefficient (Wildman–Crippen LogP) is 5.77. The number of carbonyl (C=O) groups is 1. The molecule has 4 nitrogen and oxygen atoms in total. The average molecular weight is 402 g/mol. The van der Waals surface area contributed by atoms with Crippen LogP contribution < -0.4 is 10.9 Å². The Morgan fingerprint density at radius 1 is 0.897 bits per heavy atom. The summed E-state index contributed by atoms with van der Waals surface area (Å²) in [5, 5.41) is 3.92. The van der Waals surface area contributed by atoms with Gasteiger partial charge < -0.3 is 9.73 Å². The van der Waals surface area contributed by atoms with Crippen LogP contribution in [0.3, 0.4) is 0 Å². The minimum Gasteiger partial charge on any atom is -0.422 e. The molecular formula is C24H16ClNO3. The van der Waals surface area contributed by atoms with Crippen molar-refractivity contribution in [1.82, 2.24) is 0 Å². The second-order valence-electron chi connectivity index (χ2n) is 6.41. The monoisotopic (exact) mass is 401 g/mol. The van der Waals surface area contributed by atoms with E-state index in [2.05, 4.69) is 5.32 Å². The third-order valence-electron chi connectivity index (χ3n) is 4.39. The first-order chi connectivity index (χ1) is 14.1. The molecule has 29 heavy (non-hydrogen) atoms. The number of rotatable bonds is 4. The Kier molecular flexibility index (Phi) is 5.27. The molecule has 0 atom stereocenters. The van der Waals surface area contributed by atoms with Crippen molar-refractivity contribution >= 4 is 40.2 Å². The fourth-order valence-electron chi connectivity index (χ4n) is 2.98. The summed E-state index contributed by atoms with van der Waals surface area (Å²) in [4.78, 5) is 24.5. The molecule has 1 N–H and O–H groups in total. The maximum Gasteiger partial charge on any atom is 0.344 e. The van der Waals surface area contributed by atoms with E-state index in [0.717, 1.165) is 10.9 Å². The van der Waals surface area contributed by atoms with Crippen molar-refractivity contribution in [3.05, 3.63) is 106 Å². The third kappa shape index (κ3) is 4.28. The van der Waals surface area contributed by atoms with Crippen LogP contribution in [0, 0.1) is 0 Å². The summed E-state index contributed by atoms with van der Waals surface area (Å²) in [6.07, 6.45) is 3.18. The SMILES string of the molecule is O=C(/C=C/c1ccccc1)Nc1ccc(-c2cc3ccccc3oc2=O)c(Cl)c1. The van der Waals surface area contributed by atoms with Gasteiger partial charge in [0.15, 0.2) is 0 Å². The number of hydrogen-bond acceptors (Lipinski definition) is 3. The minimum atomic E-state index is -0.465. The van der Waals surface area contributed by atoms with Crippen molar-refractivity contribution in [1.29, 1.82) is 0 Å². The van der Waals surface area contributed by atoms with E-state index in [4.69, 9.17) is 16.0 Å². The number of carbonyl (C=O) groups excluding carboxylic acids is 1. The van der Waals surface area contributed by atoms with Crippen LogP contribution in [0.25, 0.3) is 28.2 Å². The summed E-state index contributed by atoms with van der Waals surface area (Å²) >= 11 is 6.39. The smallest absolute Gasteiger partial charge is 0.344 e. The number of para-hydroxylation sites is 1. The highest BCUT2D eigenvalue weighted by Gasteiger charge is 2.12. The molecule has 142 valence electrons. The summed E-state index contributed by atoms with van der Waals surface area (Å²) in [5.74, 6) is -0.275. The molecule has 0 aliphatic rings. The van der Waals surface area contributed by atoms with Gasteiger partial charge in [-0.15, -0.1) is 0 Å². The Morgan fingerprint density at radius 2 is 1.66 bits per heavy atom. The molecule has 0 fully saturated rings. The highest BCUT2D eigenvalue weighted by molar-refractivity contribution is 6.33. The van der Waals surface area contributed by atoms with Crippen LogP contribution in [0.1, 0.15) is 5.56 Å². The molecule has 1 aromatic heterocycles. The molecule has 5 heteroatoms. The Morgan fingerprint density at radius 3 is 2.45 bits per heavy atom. The van der Waals surface area contributed by atoms with Gasteiger partial charge in [0.2, 0.25) is 5.91 Å². The Bertz CT molecular complexity index is 1280. The lowest BCUT2D eigenvalue weighted by molar-refractivity contribution is -0.111. The molecule has 3 aromatic carbocycles. The zero-order valence-electron chi connectivity index (χ0n) is 15.3. The van der Waals surface area contributed by atoms with Crippen LogP contribution in [0.5, 0.6) is 0 Å². The van der Waals surface area contributed by atoms with Gasteiger partial charge in [0.05, 0.1) is 10.6 Å². The van der Waals surface area contributed by atoms with Crippen LogP contribution in [0.2, 0.25) is 5.02 Å². The largest absolute Gasteiger partial charge is 0.422 e. The van der Waals surface area contributed by atoms with Crippen molar-refractivity contribution in [2.45, 2.75) is 0 Å². The maximum absolute atomic E-state index is 12.4. The molecule has 0 bridgehead atoms. The number of halogens is 1. The van der Waals surface area contributed by atoms with E-state index in [1.165, 1.54) is 6.08 Å². The molecule has 0 unspecified atom stereocenters. The van der Waals surface area contributed by atoms with Crippen molar-refractivity contribution in [2.75, 3.05) is 5.32 Å². The summed E-state index contributed by atoms with van der Waals surface area (Å²) < 4.78 is 5.38. The molecular weight excluding hydrogens is 386 g/mol. The standard InChI is InChI=1S/C24H16ClNO3/c25-21-15-18(26-23(27)13-10-16-6-2-1-3-7-16)11-12-19(21)20-14-17-8-4-5-9-22(17)29-24(20)28/h1-15H,(H,26,27)/b13-10+. The van der Waals surface area contributed by atoms with E-state index >= 15 is 0 Å². The first kappa shape index (κ1) is 18.7. The summed E-state index contributed by atoms with van der Waals surface area (Å²) in [7, 11) is 0. The fourth-order valence-corrected chi connectivity index (χ4v) is 3.26. The maximum atomic E-state index is 12.4. The molecule has 4 aromatic rings. The molecule has 0 aliphatic heterocycles. The molecule has 1 heterocycles. The normalized spacial score (nSPS) is 11.1. The van der Waals surface area contributed by atoms with Crippen LogP contribution in [-0.4, -0.2) is 5.91 Å². The lowest BCUT2D eigenvalue weighted by Crippen LogP contribution is -2.08. The molecule has 0 spiro atoms. The Hall–Kier alpha value is -3.63. The van der Waals surface area contributed by atoms with Gasteiger partial charge in [-0.05, 0) is 35.9 Å². The van der Waals surface area contributed by atoms with E-state index in [-0.39, 0.29) is 5.91 Å². The topological polar surface area (TPSA) is 59.3 Å². The first-order valence-corrected chi connectivity index (χ1v) is 9.35. The van der Waals surface area contributed by atoms with E-state index in [9.17, 15) is 9.59 Å². The van der Waals surface area contributed by atoms with Gasteiger partial charge in [0, 0.05) is 22.7 Å². The second-order valence-corrected chi connectivity index (χ2v) is 6.82. The van der Waals surface area contributed by atoms with E-state index in [1.807, 2.05) is 48.5 Å². The quantitative estimate of drug-likeness (QED) is 0.349. The predicted molar refractivity (Wildman–Crippen MR) is 117 cm³/mol. The van der Waals surface area contributed by atoms with Crippen molar-refractivity contribution in [3.8, 4) is 11.1 Å². The van der Waals surface area contributed by atoms with E-state index in [1.54, 1.807) is 36.4 Å². The number of nitrogens with one attached hydrogen (secondary N) is 1. The second kappa shape index (κ2) is 8.17. The third-order valence-corrected chi connectivity index (χ3v) is 4.71. The van der Waals surface area contributed by atoms with Gasteiger partial charge in [-0.3, -0.25) is 4.79 Å². The molecule has 0 radical (unpaired) electrons. The van der Waals surface area contributed by atoms with E-state index in [0.29, 0.717) is 27.4 Å². The lowest BCUT2D eigenvalue weighted by Gasteiger charge is -2.08. The van der Waals surface area contributed by atoms with Crippen LogP contribution in [-0.2, 0) is 4.79 Å². The van der Waals surface area contributed by atoms with Gasteiger partial charge in [-0.2, -0.15) is 0 Å². The number of benzene rings is 3. The van der Waals surface area contributed by atoms with Crippen molar-refractivity contribution < 1.29 is 9.21 Å². The number of amides is 1. The molecule has 0 saturated carbocycles. The van der Waals surface area contributed by atoms with Gasteiger partial charge in [-0.25, -0.2) is 4.79 Å². The van der Waals surface area contributed by atoms with Gasteiger partial charge >= 0.3 is 5.63 Å².